The van der Waals surface area contributed by atoms with Crippen LogP contribution in [0.2, 0.25) is 37.1 Å². The highest BCUT2D eigenvalue weighted by Gasteiger charge is 2.10. The van der Waals surface area contributed by atoms with E-state index in [2.05, 4.69) is 0 Å². The zero-order chi connectivity index (χ0) is 9.94. The molecule has 3 radical (unpaired) electrons. The number of rotatable bonds is 9. The summed E-state index contributed by atoms with van der Waals surface area (Å²) in [6.07, 6.45) is 3.45. The Bertz CT molecular complexity index is 139. The van der Waals surface area contributed by atoms with Crippen LogP contribution in [0.25, 0.3) is 0 Å². The Balaban J connectivity index is 3.64. The van der Waals surface area contributed by atoms with E-state index in [1.165, 1.54) is 0 Å². The molecule has 0 aromatic heterocycles. The molecular formula is C6H15BN3Si3. The van der Waals surface area contributed by atoms with Gasteiger partial charge in [0.15, 0.2) is 0 Å². The minimum Gasteiger partial charge on any atom is -0.350 e. The van der Waals surface area contributed by atoms with Gasteiger partial charge in [-0.15, -0.1) is 0 Å². The van der Waals surface area contributed by atoms with E-state index in [0.29, 0.717) is 34.6 Å². The maximum Gasteiger partial charge on any atom is 0.143 e. The maximum absolute atomic E-state index is 7.11. The van der Waals surface area contributed by atoms with Gasteiger partial charge in [-0.05, 0) is 18.1 Å². The molecule has 0 saturated carbocycles. The summed E-state index contributed by atoms with van der Waals surface area (Å²) < 4.78 is 0. The molecule has 0 rings (SSSR count). The van der Waals surface area contributed by atoms with E-state index in [0.717, 1.165) is 37.1 Å². The molecule has 0 heterocycles. The van der Waals surface area contributed by atoms with Crippen molar-refractivity contribution in [3.05, 3.63) is 0 Å². The van der Waals surface area contributed by atoms with E-state index in [1.807, 2.05) is 0 Å². The van der Waals surface area contributed by atoms with Crippen LogP contribution in [0.4, 0.5) is 0 Å². The van der Waals surface area contributed by atoms with Gasteiger partial charge in [-0.1, -0.05) is 19.0 Å². The third-order valence-electron chi connectivity index (χ3n) is 2.03. The van der Waals surface area contributed by atoms with Gasteiger partial charge in [0.05, 0.1) is 0 Å². The largest absolute Gasteiger partial charge is 0.350 e. The van der Waals surface area contributed by atoms with Crippen molar-refractivity contribution in [2.75, 3.05) is 0 Å². The third-order valence-corrected chi connectivity index (χ3v) is 3.65. The van der Waals surface area contributed by atoms with Crippen molar-refractivity contribution in [1.82, 2.24) is 0 Å². The molecule has 0 aliphatic carbocycles. The van der Waals surface area contributed by atoms with Gasteiger partial charge in [0.2, 0.25) is 0 Å². The van der Waals surface area contributed by atoms with Crippen molar-refractivity contribution in [2.45, 2.75) is 37.1 Å². The second-order valence-corrected chi connectivity index (χ2v) is 5.57. The smallest absolute Gasteiger partial charge is 0.143 e. The van der Waals surface area contributed by atoms with Crippen molar-refractivity contribution in [2.24, 2.45) is 0 Å². The summed E-state index contributed by atoms with van der Waals surface area (Å²) in [6, 6.07) is 3.06. The topological polar surface area (TPSA) is 71.6 Å². The monoisotopic (exact) mass is 224 g/mol. The summed E-state index contributed by atoms with van der Waals surface area (Å²) in [7, 11) is 0.965. The zero-order valence-corrected chi connectivity index (χ0v) is 10.8. The van der Waals surface area contributed by atoms with Gasteiger partial charge in [-0.3, -0.25) is 0 Å². The Morgan fingerprint density at radius 2 is 1.00 bits per heavy atom. The molecule has 0 aromatic rings. The van der Waals surface area contributed by atoms with E-state index in [9.17, 15) is 0 Å². The second kappa shape index (κ2) is 10.2. The highest BCUT2D eigenvalue weighted by atomic mass is 28.2. The fourth-order valence-corrected chi connectivity index (χ4v) is 2.92. The molecule has 0 saturated heterocycles. The Morgan fingerprint density at radius 1 is 0.692 bits per heavy atom. The Hall–Kier alpha value is 0.116. The second-order valence-electron chi connectivity index (χ2n) is 3.01. The van der Waals surface area contributed by atoms with Crippen LogP contribution < -0.4 is 0 Å². The van der Waals surface area contributed by atoms with Gasteiger partial charge in [-0.2, -0.15) is 0 Å². The normalized spacial score (nSPS) is 9.23. The van der Waals surface area contributed by atoms with Crippen LogP contribution >= 0.6 is 0 Å². The molecule has 0 amide bonds. The van der Waals surface area contributed by atoms with Crippen molar-refractivity contribution in [3.63, 3.8) is 0 Å². The van der Waals surface area contributed by atoms with Crippen molar-refractivity contribution in [3.8, 4) is 0 Å². The first-order valence-corrected chi connectivity index (χ1v) is 8.16. The first-order chi connectivity index (χ1) is 6.35. The van der Waals surface area contributed by atoms with Gasteiger partial charge < -0.3 is 15.2 Å². The fourth-order valence-electron chi connectivity index (χ4n) is 1.26. The lowest BCUT2D eigenvalue weighted by molar-refractivity contribution is 1.21. The SMILES string of the molecule is N=[Si]CCB(CC[Si]=N)CC[Si]=N. The van der Waals surface area contributed by atoms with E-state index in [-0.39, 0.29) is 0 Å². The molecule has 0 unspecified atom stereocenters. The first kappa shape index (κ1) is 13.1. The molecule has 0 atom stereocenters. The number of hydrogen-bond acceptors (Lipinski definition) is 3. The molecule has 0 aliphatic heterocycles. The molecule has 7 heteroatoms. The highest BCUT2D eigenvalue weighted by Crippen LogP contribution is 2.12. The first-order valence-electron chi connectivity index (χ1n) is 4.54. The molecule has 0 spiro atoms. The molecule has 3 N–H and O–H groups in total. The van der Waals surface area contributed by atoms with E-state index in [1.54, 1.807) is 0 Å². The van der Waals surface area contributed by atoms with Crippen LogP contribution in [0, 0.1) is 15.2 Å². The molecule has 69 valence electrons. The van der Waals surface area contributed by atoms with Gasteiger partial charge in [0, 0.05) is 0 Å². The molecule has 13 heavy (non-hydrogen) atoms. The summed E-state index contributed by atoms with van der Waals surface area (Å²) in [5, 5.41) is 21.3. The van der Waals surface area contributed by atoms with Crippen LogP contribution in [0.5, 0.6) is 0 Å². The maximum atomic E-state index is 7.11. The van der Waals surface area contributed by atoms with Crippen molar-refractivity contribution >= 4 is 34.6 Å². The minimum absolute atomic E-state index is 0.322. The van der Waals surface area contributed by atoms with E-state index < -0.39 is 0 Å². The van der Waals surface area contributed by atoms with Crippen LogP contribution in [-0.2, 0) is 0 Å². The zero-order valence-electron chi connectivity index (χ0n) is 7.82. The van der Waals surface area contributed by atoms with Crippen LogP contribution in [0.1, 0.15) is 0 Å². The lowest BCUT2D eigenvalue weighted by Crippen LogP contribution is -2.11. The number of hydrogen-bond donors (Lipinski definition) is 3. The van der Waals surface area contributed by atoms with Crippen LogP contribution in [0.15, 0.2) is 0 Å². The third kappa shape index (κ3) is 8.45. The predicted octanol–water partition coefficient (Wildman–Crippen LogP) is 2.14. The molecule has 0 aliphatic rings. The molecular weight excluding hydrogens is 209 g/mol. The summed E-state index contributed by atoms with van der Waals surface area (Å²) in [5.74, 6) is 0. The summed E-state index contributed by atoms with van der Waals surface area (Å²) in [5.41, 5.74) is 0. The minimum atomic E-state index is 0.322. The molecule has 0 bridgehead atoms. The quantitative estimate of drug-likeness (QED) is 0.502. The van der Waals surface area contributed by atoms with Gasteiger partial charge in [0.25, 0.3) is 0 Å². The lowest BCUT2D eigenvalue weighted by Gasteiger charge is -2.08. The predicted molar refractivity (Wildman–Crippen MR) is 60.0 cm³/mol. The highest BCUT2D eigenvalue weighted by molar-refractivity contribution is 6.61. The summed E-state index contributed by atoms with van der Waals surface area (Å²) in [6.45, 7) is 0.702. The average molecular weight is 224 g/mol. The van der Waals surface area contributed by atoms with Crippen LogP contribution in [0.3, 0.4) is 0 Å². The van der Waals surface area contributed by atoms with Gasteiger partial charge >= 0.3 is 0 Å². The summed E-state index contributed by atoms with van der Waals surface area (Å²) in [4.78, 5) is 0. The van der Waals surface area contributed by atoms with E-state index >= 15 is 0 Å². The van der Waals surface area contributed by atoms with Gasteiger partial charge in [0.1, 0.15) is 34.6 Å². The van der Waals surface area contributed by atoms with Crippen molar-refractivity contribution in [1.29, 1.82) is 15.2 Å². The Labute approximate surface area is 87.2 Å². The standard InChI is InChI=1S/C6H15BN3Si3/c8-11-4-1-7(2-5-12-9)3-6-13-10/h8-10H,1-6H2. The molecule has 0 aromatic carbocycles. The molecule has 3 nitrogen and oxygen atoms in total. The fraction of sp³-hybridized carbons (Fsp3) is 1.00. The van der Waals surface area contributed by atoms with Crippen LogP contribution in [-0.4, -0.2) is 34.6 Å². The Kier molecular flexibility index (Phi) is 10.3. The number of nitrogens with one attached hydrogen (secondary N) is 3. The average Bonchev–Trinajstić information content (AvgIpc) is 2.17. The van der Waals surface area contributed by atoms with E-state index in [4.69, 9.17) is 15.2 Å². The molecule has 0 fully saturated rings. The van der Waals surface area contributed by atoms with Crippen molar-refractivity contribution < 1.29 is 0 Å². The summed E-state index contributed by atoms with van der Waals surface area (Å²) >= 11 is 0. The lowest BCUT2D eigenvalue weighted by atomic mass is 9.44. The Morgan fingerprint density at radius 3 is 1.23 bits per heavy atom. The van der Waals surface area contributed by atoms with Gasteiger partial charge in [-0.25, -0.2) is 0 Å².